The molecule has 1 fully saturated rings. The lowest BCUT2D eigenvalue weighted by Gasteiger charge is -2.29. The molecule has 1 saturated heterocycles. The first-order valence-electron chi connectivity index (χ1n) is 8.96. The quantitative estimate of drug-likeness (QED) is 0.754. The van der Waals surface area contributed by atoms with Crippen molar-refractivity contribution in [1.82, 2.24) is 25.2 Å². The fraction of sp³-hybridized carbons (Fsp3) is 0.300. The number of hydrogen-bond donors (Lipinski definition) is 1. The Bertz CT molecular complexity index is 968. The van der Waals surface area contributed by atoms with Crippen molar-refractivity contribution < 1.29 is 4.79 Å². The highest BCUT2D eigenvalue weighted by Gasteiger charge is 2.19. The highest BCUT2D eigenvalue weighted by atomic mass is 35.5. The van der Waals surface area contributed by atoms with E-state index in [4.69, 9.17) is 11.6 Å². The standard InChI is InChI=1S/C20H20ClN5O/c1-26-8-5-14(6-9-26)24-20(27)18-3-2-13(11-23-18)19-10-16(21)15-12-22-7-4-17(15)25-19/h2-4,7,10-12,14H,5-6,8-9H2,1H3,(H,24,27). The summed E-state index contributed by atoms with van der Waals surface area (Å²) in [6.07, 6.45) is 6.98. The van der Waals surface area contributed by atoms with Gasteiger partial charge in [-0.2, -0.15) is 0 Å². The smallest absolute Gasteiger partial charge is 0.270 e. The number of aromatic nitrogens is 3. The van der Waals surface area contributed by atoms with Crippen LogP contribution >= 0.6 is 11.6 Å². The fourth-order valence-corrected chi connectivity index (χ4v) is 3.52. The van der Waals surface area contributed by atoms with Crippen molar-refractivity contribution in [1.29, 1.82) is 0 Å². The topological polar surface area (TPSA) is 71.0 Å². The van der Waals surface area contributed by atoms with Crippen molar-refractivity contribution >= 4 is 28.4 Å². The maximum absolute atomic E-state index is 12.4. The summed E-state index contributed by atoms with van der Waals surface area (Å²) < 4.78 is 0. The molecule has 1 N–H and O–H groups in total. The maximum atomic E-state index is 12.4. The Kier molecular flexibility index (Phi) is 5.01. The summed E-state index contributed by atoms with van der Waals surface area (Å²) in [5.74, 6) is -0.133. The molecule has 3 aromatic rings. The van der Waals surface area contributed by atoms with E-state index < -0.39 is 0 Å². The van der Waals surface area contributed by atoms with Gasteiger partial charge in [-0.25, -0.2) is 4.98 Å². The molecular weight excluding hydrogens is 362 g/mol. The summed E-state index contributed by atoms with van der Waals surface area (Å²) in [6.45, 7) is 2.00. The Labute approximate surface area is 162 Å². The summed E-state index contributed by atoms with van der Waals surface area (Å²) >= 11 is 6.34. The van der Waals surface area contributed by atoms with E-state index in [2.05, 4.69) is 32.2 Å². The molecule has 0 unspecified atom stereocenters. The molecule has 0 radical (unpaired) electrons. The molecular formula is C20H20ClN5O. The van der Waals surface area contributed by atoms with Crippen LogP contribution in [0.1, 0.15) is 23.3 Å². The van der Waals surface area contributed by atoms with Crippen molar-refractivity contribution in [3.63, 3.8) is 0 Å². The van der Waals surface area contributed by atoms with Gasteiger partial charge in [0.15, 0.2) is 0 Å². The third kappa shape index (κ3) is 3.91. The monoisotopic (exact) mass is 381 g/mol. The van der Waals surface area contributed by atoms with Crippen LogP contribution in [0.5, 0.6) is 0 Å². The van der Waals surface area contributed by atoms with Crippen molar-refractivity contribution in [2.24, 2.45) is 0 Å². The molecule has 1 aliphatic rings. The molecule has 0 bridgehead atoms. The van der Waals surface area contributed by atoms with Crippen LogP contribution in [0.25, 0.3) is 22.2 Å². The molecule has 138 valence electrons. The lowest BCUT2D eigenvalue weighted by molar-refractivity contribution is 0.0912. The fourth-order valence-electron chi connectivity index (χ4n) is 3.27. The van der Waals surface area contributed by atoms with Crippen molar-refractivity contribution in [3.8, 4) is 11.3 Å². The maximum Gasteiger partial charge on any atom is 0.270 e. The molecule has 6 nitrogen and oxygen atoms in total. The Morgan fingerprint density at radius 2 is 2.04 bits per heavy atom. The third-order valence-corrected chi connectivity index (χ3v) is 5.22. The van der Waals surface area contributed by atoms with Gasteiger partial charge in [-0.3, -0.25) is 14.8 Å². The van der Waals surface area contributed by atoms with Crippen LogP contribution in [0, 0.1) is 0 Å². The number of piperidine rings is 1. The highest BCUT2D eigenvalue weighted by molar-refractivity contribution is 6.35. The van der Waals surface area contributed by atoms with Gasteiger partial charge in [0.2, 0.25) is 0 Å². The molecule has 1 amide bonds. The first-order valence-corrected chi connectivity index (χ1v) is 9.34. The SMILES string of the molecule is CN1CCC(NC(=O)c2ccc(-c3cc(Cl)c4cnccc4n3)cn2)CC1. The Balaban J connectivity index is 1.51. The van der Waals surface area contributed by atoms with Crippen molar-refractivity contribution in [3.05, 3.63) is 53.6 Å². The van der Waals surface area contributed by atoms with Crippen LogP contribution in [0.2, 0.25) is 5.02 Å². The van der Waals surface area contributed by atoms with Crippen molar-refractivity contribution in [2.45, 2.75) is 18.9 Å². The summed E-state index contributed by atoms with van der Waals surface area (Å²) in [5, 5.41) is 4.48. The van der Waals surface area contributed by atoms with E-state index in [0.717, 1.165) is 42.4 Å². The number of hydrogen-bond acceptors (Lipinski definition) is 5. The van der Waals surface area contributed by atoms with Crippen LogP contribution in [0.3, 0.4) is 0 Å². The third-order valence-electron chi connectivity index (χ3n) is 4.91. The normalized spacial score (nSPS) is 15.8. The molecule has 4 rings (SSSR count). The first kappa shape index (κ1) is 17.8. The van der Waals surface area contributed by atoms with Crippen LogP contribution in [-0.2, 0) is 0 Å². The number of halogens is 1. The van der Waals surface area contributed by atoms with E-state index in [9.17, 15) is 4.79 Å². The van der Waals surface area contributed by atoms with Gasteiger partial charge >= 0.3 is 0 Å². The zero-order valence-corrected chi connectivity index (χ0v) is 15.8. The zero-order chi connectivity index (χ0) is 18.8. The van der Waals surface area contributed by atoms with Crippen LogP contribution in [0.15, 0.2) is 42.9 Å². The van der Waals surface area contributed by atoms with E-state index in [1.165, 1.54) is 0 Å². The van der Waals surface area contributed by atoms with Gasteiger partial charge in [0.05, 0.1) is 16.2 Å². The van der Waals surface area contributed by atoms with Crippen LogP contribution < -0.4 is 5.32 Å². The Morgan fingerprint density at radius 1 is 1.22 bits per heavy atom. The second kappa shape index (κ2) is 7.58. The Hall–Kier alpha value is -2.57. The molecule has 0 aliphatic carbocycles. The second-order valence-corrected chi connectivity index (χ2v) is 7.27. The predicted octanol–water partition coefficient (Wildman–Crippen LogP) is 3.17. The first-order chi connectivity index (χ1) is 13.1. The minimum Gasteiger partial charge on any atom is -0.348 e. The highest BCUT2D eigenvalue weighted by Crippen LogP contribution is 2.27. The average Bonchev–Trinajstić information content (AvgIpc) is 2.70. The Morgan fingerprint density at radius 3 is 2.78 bits per heavy atom. The molecule has 0 saturated carbocycles. The lowest BCUT2D eigenvalue weighted by Crippen LogP contribution is -2.43. The number of pyridine rings is 3. The molecule has 0 aromatic carbocycles. The number of amides is 1. The van der Waals surface area contributed by atoms with Gasteiger partial charge in [0, 0.05) is 35.6 Å². The predicted molar refractivity (Wildman–Crippen MR) is 106 cm³/mol. The zero-order valence-electron chi connectivity index (χ0n) is 15.0. The van der Waals surface area contributed by atoms with Gasteiger partial charge in [0.1, 0.15) is 5.69 Å². The summed E-state index contributed by atoms with van der Waals surface area (Å²) in [6, 6.07) is 7.40. The van der Waals surface area contributed by atoms with Crippen LogP contribution in [0.4, 0.5) is 0 Å². The number of carbonyl (C=O) groups is 1. The van der Waals surface area contributed by atoms with Crippen molar-refractivity contribution in [2.75, 3.05) is 20.1 Å². The summed E-state index contributed by atoms with van der Waals surface area (Å²) in [5.41, 5.74) is 2.71. The molecule has 3 aromatic heterocycles. The van der Waals surface area contributed by atoms with Gasteiger partial charge in [0.25, 0.3) is 5.91 Å². The summed E-state index contributed by atoms with van der Waals surface area (Å²) in [7, 11) is 2.10. The molecule has 27 heavy (non-hydrogen) atoms. The number of likely N-dealkylation sites (tertiary alicyclic amines) is 1. The van der Waals surface area contributed by atoms with E-state index in [1.54, 1.807) is 30.7 Å². The number of rotatable bonds is 3. The van der Waals surface area contributed by atoms with Gasteiger partial charge in [-0.1, -0.05) is 11.6 Å². The molecule has 0 atom stereocenters. The van der Waals surface area contributed by atoms with E-state index in [1.807, 2.05) is 12.1 Å². The van der Waals surface area contributed by atoms with Gasteiger partial charge in [-0.05, 0) is 57.2 Å². The van der Waals surface area contributed by atoms with Gasteiger partial charge < -0.3 is 10.2 Å². The van der Waals surface area contributed by atoms with Crippen LogP contribution in [-0.4, -0.2) is 51.9 Å². The number of carbonyl (C=O) groups excluding carboxylic acids is 1. The minimum atomic E-state index is -0.133. The average molecular weight is 382 g/mol. The second-order valence-electron chi connectivity index (χ2n) is 6.87. The molecule has 7 heteroatoms. The number of nitrogens with one attached hydrogen (secondary N) is 1. The molecule has 1 aliphatic heterocycles. The van der Waals surface area contributed by atoms with Gasteiger partial charge in [-0.15, -0.1) is 0 Å². The summed E-state index contributed by atoms with van der Waals surface area (Å²) in [4.78, 5) is 27.7. The number of fused-ring (bicyclic) bond motifs is 1. The van der Waals surface area contributed by atoms with E-state index in [0.29, 0.717) is 16.4 Å². The molecule has 0 spiro atoms. The van der Waals surface area contributed by atoms with E-state index in [-0.39, 0.29) is 11.9 Å². The van der Waals surface area contributed by atoms with E-state index >= 15 is 0 Å². The molecule has 4 heterocycles. The largest absolute Gasteiger partial charge is 0.348 e. The number of nitrogens with zero attached hydrogens (tertiary/aromatic N) is 4. The lowest BCUT2D eigenvalue weighted by atomic mass is 10.1. The minimum absolute atomic E-state index is 0.133.